The normalized spacial score (nSPS) is 11.1. The first-order chi connectivity index (χ1) is 12.0. The fourth-order valence-corrected chi connectivity index (χ4v) is 2.83. The van der Waals surface area contributed by atoms with E-state index in [9.17, 15) is 10.1 Å². The van der Waals surface area contributed by atoms with E-state index in [0.717, 1.165) is 16.6 Å². The summed E-state index contributed by atoms with van der Waals surface area (Å²) in [5.41, 5.74) is 4.56. The molecule has 1 N–H and O–H groups in total. The van der Waals surface area contributed by atoms with E-state index in [1.54, 1.807) is 25.4 Å². The minimum atomic E-state index is -0.399. The molecule has 4 rings (SSSR count). The van der Waals surface area contributed by atoms with Crippen LogP contribution in [0.5, 0.6) is 0 Å². The Labute approximate surface area is 142 Å². The molecule has 0 radical (unpaired) electrons. The smallest absolute Gasteiger partial charge is 0.274 e. The summed E-state index contributed by atoms with van der Waals surface area (Å²) < 4.78 is 1.85. The molecule has 0 bridgehead atoms. The standard InChI is InChI=1S/C17H14N6O2/c1-10-6-7-13-15(8-10)22-9-18-21-17(22)16(20-13)19-12-4-3-5-14(11(12)2)23(24)25/h3-9H,1-2H3,(H,19,20). The van der Waals surface area contributed by atoms with Gasteiger partial charge in [0.1, 0.15) is 6.33 Å². The van der Waals surface area contributed by atoms with E-state index < -0.39 is 4.92 Å². The van der Waals surface area contributed by atoms with E-state index in [1.165, 1.54) is 6.07 Å². The quantitative estimate of drug-likeness (QED) is 0.454. The number of nitro groups is 1. The summed E-state index contributed by atoms with van der Waals surface area (Å²) in [6, 6.07) is 10.8. The van der Waals surface area contributed by atoms with Gasteiger partial charge in [-0.3, -0.25) is 14.5 Å². The SMILES string of the molecule is Cc1ccc2nc(Nc3cccc([N+](=O)[O-])c3C)c3nncn3c2c1. The fraction of sp³-hybridized carbons (Fsp3) is 0.118. The number of nitro benzene ring substituents is 1. The molecule has 0 aliphatic carbocycles. The van der Waals surface area contributed by atoms with Gasteiger partial charge in [-0.15, -0.1) is 10.2 Å². The number of hydrogen-bond donors (Lipinski definition) is 1. The van der Waals surface area contributed by atoms with Crippen LogP contribution in [0.15, 0.2) is 42.7 Å². The van der Waals surface area contributed by atoms with Gasteiger partial charge in [-0.2, -0.15) is 0 Å². The Morgan fingerprint density at radius 3 is 2.84 bits per heavy atom. The topological polar surface area (TPSA) is 98.2 Å². The van der Waals surface area contributed by atoms with Crippen molar-refractivity contribution in [2.45, 2.75) is 13.8 Å². The van der Waals surface area contributed by atoms with Crippen LogP contribution < -0.4 is 5.32 Å². The monoisotopic (exact) mass is 334 g/mol. The fourth-order valence-electron chi connectivity index (χ4n) is 2.83. The van der Waals surface area contributed by atoms with Crippen molar-refractivity contribution in [3.8, 4) is 0 Å². The molecule has 2 aromatic carbocycles. The zero-order chi connectivity index (χ0) is 17.6. The van der Waals surface area contributed by atoms with Crippen molar-refractivity contribution in [2.75, 3.05) is 5.32 Å². The van der Waals surface area contributed by atoms with Gasteiger partial charge in [-0.25, -0.2) is 4.98 Å². The number of anilines is 2. The van der Waals surface area contributed by atoms with Gasteiger partial charge in [0, 0.05) is 11.8 Å². The van der Waals surface area contributed by atoms with E-state index in [4.69, 9.17) is 0 Å². The highest BCUT2D eigenvalue weighted by molar-refractivity contribution is 5.85. The molecule has 0 spiro atoms. The maximum atomic E-state index is 11.1. The second-order valence-corrected chi connectivity index (χ2v) is 5.81. The van der Waals surface area contributed by atoms with Gasteiger partial charge in [0.05, 0.1) is 21.5 Å². The van der Waals surface area contributed by atoms with Crippen LogP contribution in [-0.4, -0.2) is 24.5 Å². The van der Waals surface area contributed by atoms with Crippen molar-refractivity contribution >= 4 is 33.9 Å². The first kappa shape index (κ1) is 15.0. The van der Waals surface area contributed by atoms with E-state index in [0.29, 0.717) is 22.7 Å². The van der Waals surface area contributed by atoms with Crippen molar-refractivity contribution in [1.29, 1.82) is 0 Å². The predicted octanol–water partition coefficient (Wildman–Crippen LogP) is 3.55. The van der Waals surface area contributed by atoms with Crippen LogP contribution in [0.1, 0.15) is 11.1 Å². The molecule has 0 aliphatic heterocycles. The number of hydrogen-bond acceptors (Lipinski definition) is 6. The minimum absolute atomic E-state index is 0.0545. The highest BCUT2D eigenvalue weighted by Crippen LogP contribution is 2.29. The van der Waals surface area contributed by atoms with Crippen molar-refractivity contribution < 1.29 is 4.92 Å². The first-order valence-corrected chi connectivity index (χ1v) is 7.66. The summed E-state index contributed by atoms with van der Waals surface area (Å²) in [5.74, 6) is 0.498. The average molecular weight is 334 g/mol. The molecule has 0 saturated heterocycles. The number of nitrogens with zero attached hydrogens (tertiary/aromatic N) is 5. The Bertz CT molecular complexity index is 1130. The van der Waals surface area contributed by atoms with Crippen molar-refractivity contribution in [2.24, 2.45) is 0 Å². The highest BCUT2D eigenvalue weighted by Gasteiger charge is 2.16. The van der Waals surface area contributed by atoms with Gasteiger partial charge in [0.2, 0.25) is 5.65 Å². The van der Waals surface area contributed by atoms with Gasteiger partial charge in [0.15, 0.2) is 5.82 Å². The van der Waals surface area contributed by atoms with Crippen LogP contribution in [0.25, 0.3) is 16.7 Å². The Balaban J connectivity index is 1.90. The Morgan fingerprint density at radius 1 is 1.20 bits per heavy atom. The second kappa shape index (κ2) is 5.52. The minimum Gasteiger partial charge on any atom is -0.337 e. The number of nitrogens with one attached hydrogen (secondary N) is 1. The van der Waals surface area contributed by atoms with Gasteiger partial charge in [-0.05, 0) is 37.6 Å². The molecule has 124 valence electrons. The lowest BCUT2D eigenvalue weighted by molar-refractivity contribution is -0.385. The maximum Gasteiger partial charge on any atom is 0.274 e. The van der Waals surface area contributed by atoms with Crippen LogP contribution in [-0.2, 0) is 0 Å². The molecule has 4 aromatic rings. The highest BCUT2D eigenvalue weighted by atomic mass is 16.6. The van der Waals surface area contributed by atoms with Gasteiger partial charge in [0.25, 0.3) is 5.69 Å². The summed E-state index contributed by atoms with van der Waals surface area (Å²) in [6.07, 6.45) is 1.63. The Hall–Kier alpha value is -3.55. The molecular weight excluding hydrogens is 320 g/mol. The van der Waals surface area contributed by atoms with Gasteiger partial charge < -0.3 is 5.32 Å². The van der Waals surface area contributed by atoms with Gasteiger partial charge >= 0.3 is 0 Å². The summed E-state index contributed by atoms with van der Waals surface area (Å²) in [7, 11) is 0. The molecule has 2 heterocycles. The third-order valence-corrected chi connectivity index (χ3v) is 4.14. The molecule has 0 amide bonds. The Morgan fingerprint density at radius 2 is 2.04 bits per heavy atom. The number of rotatable bonds is 3. The lowest BCUT2D eigenvalue weighted by atomic mass is 10.1. The zero-order valence-electron chi connectivity index (χ0n) is 13.6. The summed E-state index contributed by atoms with van der Waals surface area (Å²) >= 11 is 0. The number of aromatic nitrogens is 4. The molecule has 25 heavy (non-hydrogen) atoms. The number of fused-ring (bicyclic) bond motifs is 3. The van der Waals surface area contributed by atoms with Crippen LogP contribution in [0.2, 0.25) is 0 Å². The third kappa shape index (κ3) is 2.44. The van der Waals surface area contributed by atoms with Crippen LogP contribution in [0, 0.1) is 24.0 Å². The Kier molecular flexibility index (Phi) is 3.31. The van der Waals surface area contributed by atoms with E-state index >= 15 is 0 Å². The van der Waals surface area contributed by atoms with E-state index in [2.05, 4.69) is 20.5 Å². The summed E-state index contributed by atoms with van der Waals surface area (Å²) in [6.45, 7) is 3.71. The van der Waals surface area contributed by atoms with Crippen molar-refractivity contribution in [3.63, 3.8) is 0 Å². The average Bonchev–Trinajstić information content (AvgIpc) is 3.07. The van der Waals surface area contributed by atoms with E-state index in [-0.39, 0.29) is 5.69 Å². The van der Waals surface area contributed by atoms with Crippen molar-refractivity contribution in [1.82, 2.24) is 19.6 Å². The molecular formula is C17H14N6O2. The molecule has 8 heteroatoms. The lowest BCUT2D eigenvalue weighted by Crippen LogP contribution is -2.02. The van der Waals surface area contributed by atoms with Crippen LogP contribution >= 0.6 is 0 Å². The summed E-state index contributed by atoms with van der Waals surface area (Å²) in [5, 5.41) is 22.4. The molecule has 0 aliphatic rings. The molecule has 2 aromatic heterocycles. The maximum absolute atomic E-state index is 11.1. The number of benzene rings is 2. The lowest BCUT2D eigenvalue weighted by Gasteiger charge is -2.11. The molecule has 0 unspecified atom stereocenters. The third-order valence-electron chi connectivity index (χ3n) is 4.14. The number of aryl methyl sites for hydroxylation is 1. The zero-order valence-corrected chi connectivity index (χ0v) is 13.6. The molecule has 0 saturated carbocycles. The molecule has 8 nitrogen and oxygen atoms in total. The van der Waals surface area contributed by atoms with Crippen LogP contribution in [0.3, 0.4) is 0 Å². The second-order valence-electron chi connectivity index (χ2n) is 5.81. The largest absolute Gasteiger partial charge is 0.337 e. The van der Waals surface area contributed by atoms with Gasteiger partial charge in [-0.1, -0.05) is 12.1 Å². The van der Waals surface area contributed by atoms with Crippen molar-refractivity contribution in [3.05, 3.63) is 64.0 Å². The molecule has 0 fully saturated rings. The predicted molar refractivity (Wildman–Crippen MR) is 94.1 cm³/mol. The van der Waals surface area contributed by atoms with Crippen LogP contribution in [0.4, 0.5) is 17.2 Å². The first-order valence-electron chi connectivity index (χ1n) is 7.66. The molecule has 0 atom stereocenters. The summed E-state index contributed by atoms with van der Waals surface area (Å²) in [4.78, 5) is 15.4. The van der Waals surface area contributed by atoms with E-state index in [1.807, 2.05) is 29.5 Å².